The Morgan fingerprint density at radius 3 is 2.50 bits per heavy atom. The first-order chi connectivity index (χ1) is 13.4. The Morgan fingerprint density at radius 2 is 1.82 bits per heavy atom. The molecule has 0 aromatic carbocycles. The van der Waals surface area contributed by atoms with Crippen LogP contribution in [0.2, 0.25) is 0 Å². The summed E-state index contributed by atoms with van der Waals surface area (Å²) < 4.78 is 0. The van der Waals surface area contributed by atoms with Crippen molar-refractivity contribution >= 4 is 22.5 Å². The highest BCUT2D eigenvalue weighted by Crippen LogP contribution is 2.31. The highest BCUT2D eigenvalue weighted by molar-refractivity contribution is 5.95. The predicted molar refractivity (Wildman–Crippen MR) is 109 cm³/mol. The minimum Gasteiger partial charge on any atom is -0.395 e. The van der Waals surface area contributed by atoms with Crippen molar-refractivity contribution < 1.29 is 9.90 Å². The van der Waals surface area contributed by atoms with Crippen molar-refractivity contribution in [3.05, 3.63) is 48.0 Å². The number of hydrogen-bond acceptors (Lipinski definition) is 5. The van der Waals surface area contributed by atoms with Gasteiger partial charge in [0.15, 0.2) is 0 Å². The number of nitrogens with one attached hydrogen (secondary N) is 1. The average Bonchev–Trinajstić information content (AvgIpc) is 3.53. The van der Waals surface area contributed by atoms with E-state index >= 15 is 0 Å². The summed E-state index contributed by atoms with van der Waals surface area (Å²) >= 11 is 0. The maximum atomic E-state index is 11.9. The third-order valence-electron chi connectivity index (χ3n) is 5.28. The maximum absolute atomic E-state index is 11.9. The summed E-state index contributed by atoms with van der Waals surface area (Å²) in [5.41, 5.74) is 3.30. The lowest BCUT2D eigenvalue weighted by Crippen LogP contribution is -2.23. The van der Waals surface area contributed by atoms with Gasteiger partial charge in [0.1, 0.15) is 5.82 Å². The van der Waals surface area contributed by atoms with Crippen molar-refractivity contribution in [2.45, 2.75) is 39.0 Å². The van der Waals surface area contributed by atoms with Crippen LogP contribution < -0.4 is 5.32 Å². The molecule has 144 valence electrons. The van der Waals surface area contributed by atoms with Crippen molar-refractivity contribution in [2.24, 2.45) is 5.92 Å². The fourth-order valence-corrected chi connectivity index (χ4v) is 3.10. The standard InChI is InChI=1S/C22H24N4O2/c1-13-6-19(22(2,3)12-27)24-11-17(13)18-7-15-10-25-20(8-16(15)9-23-18)26-21(28)14-4-5-14/h6-11,14,27H,4-5,12H2,1-3H3,(H,25,26,28). The van der Waals surface area contributed by atoms with Crippen molar-refractivity contribution in [2.75, 3.05) is 11.9 Å². The quantitative estimate of drug-likeness (QED) is 0.710. The van der Waals surface area contributed by atoms with Crippen molar-refractivity contribution in [3.8, 4) is 11.3 Å². The van der Waals surface area contributed by atoms with E-state index in [1.807, 2.05) is 45.2 Å². The zero-order valence-electron chi connectivity index (χ0n) is 16.4. The van der Waals surface area contributed by atoms with Gasteiger partial charge in [0.05, 0.1) is 12.3 Å². The monoisotopic (exact) mass is 376 g/mol. The minimum absolute atomic E-state index is 0.0400. The number of hydrogen-bond donors (Lipinski definition) is 2. The normalized spacial score (nSPS) is 14.3. The number of anilines is 1. The van der Waals surface area contributed by atoms with E-state index in [-0.39, 0.29) is 23.8 Å². The minimum atomic E-state index is -0.384. The zero-order valence-corrected chi connectivity index (χ0v) is 16.4. The van der Waals surface area contributed by atoms with Gasteiger partial charge < -0.3 is 10.4 Å². The Bertz CT molecular complexity index is 1060. The molecule has 1 aliphatic rings. The molecule has 0 radical (unpaired) electrons. The molecule has 2 N–H and O–H groups in total. The van der Waals surface area contributed by atoms with Gasteiger partial charge in [-0.05, 0) is 43.5 Å². The van der Waals surface area contributed by atoms with E-state index in [4.69, 9.17) is 0 Å². The van der Waals surface area contributed by atoms with Crippen LogP contribution in [-0.4, -0.2) is 32.6 Å². The summed E-state index contributed by atoms with van der Waals surface area (Å²) in [6, 6.07) is 5.84. The van der Waals surface area contributed by atoms with E-state index in [1.54, 1.807) is 12.4 Å². The lowest BCUT2D eigenvalue weighted by atomic mass is 9.88. The van der Waals surface area contributed by atoms with Crippen molar-refractivity contribution in [1.82, 2.24) is 15.0 Å². The molecule has 0 aliphatic heterocycles. The van der Waals surface area contributed by atoms with Crippen LogP contribution in [0.5, 0.6) is 0 Å². The molecule has 0 saturated heterocycles. The summed E-state index contributed by atoms with van der Waals surface area (Å²) in [6.07, 6.45) is 7.30. The first-order valence-electron chi connectivity index (χ1n) is 9.52. The number of aromatic nitrogens is 3. The van der Waals surface area contributed by atoms with Gasteiger partial charge in [0.25, 0.3) is 0 Å². The lowest BCUT2D eigenvalue weighted by molar-refractivity contribution is -0.117. The molecule has 6 nitrogen and oxygen atoms in total. The molecule has 3 aromatic heterocycles. The molecular weight excluding hydrogens is 352 g/mol. The second-order valence-electron chi connectivity index (χ2n) is 8.18. The van der Waals surface area contributed by atoms with Crippen LogP contribution in [0.15, 0.2) is 36.8 Å². The Kier molecular flexibility index (Phi) is 4.59. The molecule has 1 saturated carbocycles. The number of carbonyl (C=O) groups is 1. The van der Waals surface area contributed by atoms with Crippen LogP contribution in [-0.2, 0) is 10.2 Å². The molecule has 6 heteroatoms. The lowest BCUT2D eigenvalue weighted by Gasteiger charge is -2.22. The molecule has 1 fully saturated rings. The van der Waals surface area contributed by atoms with E-state index in [0.717, 1.165) is 46.1 Å². The smallest absolute Gasteiger partial charge is 0.228 e. The molecule has 28 heavy (non-hydrogen) atoms. The van der Waals surface area contributed by atoms with Gasteiger partial charge in [-0.1, -0.05) is 13.8 Å². The molecule has 0 spiro atoms. The Morgan fingerprint density at radius 1 is 1.11 bits per heavy atom. The number of carbonyl (C=O) groups excluding carboxylic acids is 1. The fraction of sp³-hybridized carbons (Fsp3) is 0.364. The number of pyridine rings is 3. The summed E-state index contributed by atoms with van der Waals surface area (Å²) in [6.45, 7) is 5.99. The molecule has 4 rings (SSSR count). The number of amides is 1. The van der Waals surface area contributed by atoms with Gasteiger partial charge in [0.2, 0.25) is 5.91 Å². The highest BCUT2D eigenvalue weighted by atomic mass is 16.3. The molecule has 3 aromatic rings. The summed E-state index contributed by atoms with van der Waals surface area (Å²) in [4.78, 5) is 25.4. The van der Waals surface area contributed by atoms with E-state index in [9.17, 15) is 9.90 Å². The summed E-state index contributed by atoms with van der Waals surface area (Å²) in [5.74, 6) is 0.753. The highest BCUT2D eigenvalue weighted by Gasteiger charge is 2.29. The van der Waals surface area contributed by atoms with E-state index < -0.39 is 0 Å². The predicted octanol–water partition coefficient (Wildman–Crippen LogP) is 3.62. The van der Waals surface area contributed by atoms with Gasteiger partial charge >= 0.3 is 0 Å². The first kappa shape index (κ1) is 18.5. The Labute approximate surface area is 164 Å². The molecule has 1 amide bonds. The third kappa shape index (κ3) is 3.60. The van der Waals surface area contributed by atoms with Crippen LogP contribution in [0.1, 0.15) is 37.9 Å². The van der Waals surface area contributed by atoms with Gasteiger partial charge in [-0.15, -0.1) is 0 Å². The van der Waals surface area contributed by atoms with E-state index in [1.165, 1.54) is 0 Å². The number of aliphatic hydroxyl groups excluding tert-OH is 1. The topological polar surface area (TPSA) is 88.0 Å². The molecule has 0 atom stereocenters. The SMILES string of the molecule is Cc1cc(C(C)(C)CO)ncc1-c1cc2cnc(NC(=O)C3CC3)cc2cn1. The van der Waals surface area contributed by atoms with Gasteiger partial charge in [-0.2, -0.15) is 0 Å². The maximum Gasteiger partial charge on any atom is 0.228 e. The van der Waals surface area contributed by atoms with Crippen LogP contribution in [0.4, 0.5) is 5.82 Å². The van der Waals surface area contributed by atoms with Crippen LogP contribution in [0.25, 0.3) is 22.0 Å². The zero-order chi connectivity index (χ0) is 19.9. The molecular formula is C22H24N4O2. The fourth-order valence-electron chi connectivity index (χ4n) is 3.10. The first-order valence-corrected chi connectivity index (χ1v) is 9.52. The van der Waals surface area contributed by atoms with Gasteiger partial charge in [-0.3, -0.25) is 14.8 Å². The number of aliphatic hydroxyl groups is 1. The Hall–Kier alpha value is -2.86. The van der Waals surface area contributed by atoms with E-state index in [0.29, 0.717) is 5.82 Å². The van der Waals surface area contributed by atoms with Crippen molar-refractivity contribution in [1.29, 1.82) is 0 Å². The molecule has 1 aliphatic carbocycles. The second-order valence-corrected chi connectivity index (χ2v) is 8.18. The van der Waals surface area contributed by atoms with Gasteiger partial charge in [-0.25, -0.2) is 4.98 Å². The van der Waals surface area contributed by atoms with Crippen LogP contribution in [0, 0.1) is 12.8 Å². The molecule has 3 heterocycles. The third-order valence-corrected chi connectivity index (χ3v) is 5.28. The Balaban J connectivity index is 1.63. The van der Waals surface area contributed by atoms with Crippen LogP contribution in [0.3, 0.4) is 0 Å². The van der Waals surface area contributed by atoms with Crippen LogP contribution >= 0.6 is 0 Å². The molecule has 0 unspecified atom stereocenters. The molecule has 0 bridgehead atoms. The summed E-state index contributed by atoms with van der Waals surface area (Å²) in [5, 5.41) is 14.3. The van der Waals surface area contributed by atoms with Crippen molar-refractivity contribution in [3.63, 3.8) is 0 Å². The van der Waals surface area contributed by atoms with E-state index in [2.05, 4.69) is 20.3 Å². The second kappa shape index (κ2) is 6.95. The number of fused-ring (bicyclic) bond motifs is 1. The average molecular weight is 376 g/mol. The van der Waals surface area contributed by atoms with Gasteiger partial charge in [0, 0.05) is 52.0 Å². The number of aryl methyl sites for hydroxylation is 1. The number of rotatable bonds is 5. The summed E-state index contributed by atoms with van der Waals surface area (Å²) in [7, 11) is 0. The largest absolute Gasteiger partial charge is 0.395 e. The number of nitrogens with zero attached hydrogens (tertiary/aromatic N) is 3.